The van der Waals surface area contributed by atoms with E-state index in [0.29, 0.717) is 5.56 Å². The van der Waals surface area contributed by atoms with E-state index in [-0.39, 0.29) is 0 Å². The Hall–Kier alpha value is -2.23. The van der Waals surface area contributed by atoms with Gasteiger partial charge in [-0.15, -0.1) is 0 Å². The van der Waals surface area contributed by atoms with Crippen molar-refractivity contribution in [3.63, 3.8) is 0 Å². The highest BCUT2D eigenvalue weighted by atomic mass is 19.1. The van der Waals surface area contributed by atoms with E-state index in [1.54, 1.807) is 30.9 Å². The molecule has 0 bridgehead atoms. The van der Waals surface area contributed by atoms with E-state index in [4.69, 9.17) is 0 Å². The van der Waals surface area contributed by atoms with Crippen molar-refractivity contribution in [2.75, 3.05) is 0 Å². The fourth-order valence-corrected chi connectivity index (χ4v) is 1.58. The molecule has 0 aliphatic rings. The summed E-state index contributed by atoms with van der Waals surface area (Å²) in [5, 5.41) is 0. The van der Waals surface area contributed by atoms with Crippen molar-refractivity contribution in [2.45, 2.75) is 6.67 Å². The molecule has 0 fully saturated rings. The second-order valence-electron chi connectivity index (χ2n) is 3.84. The Kier molecular flexibility index (Phi) is 4.02. The average Bonchev–Trinajstić information content (AvgIpc) is 2.82. The molecule has 3 rings (SSSR count). The first kappa shape index (κ1) is 12.2. The average molecular weight is 243 g/mol. The van der Waals surface area contributed by atoms with Crippen molar-refractivity contribution < 1.29 is 4.39 Å². The lowest BCUT2D eigenvalue weighted by atomic mass is 10.2. The van der Waals surface area contributed by atoms with Crippen molar-refractivity contribution in [1.29, 1.82) is 0 Å². The van der Waals surface area contributed by atoms with E-state index >= 15 is 0 Å². The van der Waals surface area contributed by atoms with Crippen LogP contribution in [0.25, 0.3) is 11.0 Å². The Morgan fingerprint density at radius 1 is 1.17 bits per heavy atom. The van der Waals surface area contributed by atoms with Gasteiger partial charge in [0.25, 0.3) is 0 Å². The van der Waals surface area contributed by atoms with Crippen LogP contribution in [-0.4, -0.2) is 14.5 Å². The molecule has 3 nitrogen and oxygen atoms in total. The minimum absolute atomic E-state index is 0.424. The SMILES string of the molecule is Cn1cnc2cc(CF)ccc21.c1ccncc1. The van der Waals surface area contributed by atoms with E-state index in [0.717, 1.165) is 11.0 Å². The van der Waals surface area contributed by atoms with Gasteiger partial charge in [0, 0.05) is 19.4 Å². The third-order valence-corrected chi connectivity index (χ3v) is 2.51. The van der Waals surface area contributed by atoms with Crippen molar-refractivity contribution in [3.05, 3.63) is 60.7 Å². The number of aryl methyl sites for hydroxylation is 1. The topological polar surface area (TPSA) is 30.7 Å². The fourth-order valence-electron chi connectivity index (χ4n) is 1.58. The van der Waals surface area contributed by atoms with Gasteiger partial charge in [-0.3, -0.25) is 4.98 Å². The Morgan fingerprint density at radius 2 is 1.94 bits per heavy atom. The molecular formula is C14H14FN3. The van der Waals surface area contributed by atoms with Gasteiger partial charge < -0.3 is 4.57 Å². The number of nitrogens with zero attached hydrogens (tertiary/aromatic N) is 3. The molecule has 0 spiro atoms. The molecule has 2 aromatic heterocycles. The molecule has 4 heteroatoms. The van der Waals surface area contributed by atoms with E-state index in [1.807, 2.05) is 35.9 Å². The minimum Gasteiger partial charge on any atom is -0.334 e. The largest absolute Gasteiger partial charge is 0.334 e. The molecule has 3 aromatic rings. The molecule has 0 amide bonds. The van der Waals surface area contributed by atoms with Gasteiger partial charge in [0.1, 0.15) is 6.67 Å². The minimum atomic E-state index is -0.424. The molecule has 18 heavy (non-hydrogen) atoms. The molecule has 1 aromatic carbocycles. The van der Waals surface area contributed by atoms with Crippen molar-refractivity contribution >= 4 is 11.0 Å². The van der Waals surface area contributed by atoms with Crippen LogP contribution in [0.15, 0.2) is 55.1 Å². The first-order chi connectivity index (χ1) is 8.81. The van der Waals surface area contributed by atoms with Gasteiger partial charge in [0.05, 0.1) is 17.4 Å². The van der Waals surface area contributed by atoms with Crippen molar-refractivity contribution in [3.8, 4) is 0 Å². The molecule has 0 unspecified atom stereocenters. The maximum atomic E-state index is 12.2. The number of aromatic nitrogens is 3. The van der Waals surface area contributed by atoms with Crippen LogP contribution in [0.4, 0.5) is 4.39 Å². The molecule has 0 radical (unpaired) electrons. The molecule has 0 atom stereocenters. The number of alkyl halides is 1. The Balaban J connectivity index is 0.000000169. The zero-order valence-corrected chi connectivity index (χ0v) is 10.1. The number of rotatable bonds is 1. The number of fused-ring (bicyclic) bond motifs is 1. The number of pyridine rings is 1. The van der Waals surface area contributed by atoms with E-state index in [9.17, 15) is 4.39 Å². The molecule has 0 saturated carbocycles. The maximum Gasteiger partial charge on any atom is 0.115 e. The van der Waals surface area contributed by atoms with Crippen LogP contribution in [0.1, 0.15) is 5.56 Å². The van der Waals surface area contributed by atoms with Crippen LogP contribution in [0, 0.1) is 0 Å². The standard InChI is InChI=1S/C9H9FN2.C5H5N/c1-12-6-11-8-4-7(5-10)2-3-9(8)12;1-2-4-6-5-3-1/h2-4,6H,5H2,1H3;1-5H. The van der Waals surface area contributed by atoms with Gasteiger partial charge in [-0.1, -0.05) is 12.1 Å². The maximum absolute atomic E-state index is 12.2. The zero-order valence-electron chi connectivity index (χ0n) is 10.1. The van der Waals surface area contributed by atoms with Gasteiger partial charge in [-0.2, -0.15) is 0 Å². The van der Waals surface area contributed by atoms with Crippen LogP contribution < -0.4 is 0 Å². The highest BCUT2D eigenvalue weighted by molar-refractivity contribution is 5.75. The van der Waals surface area contributed by atoms with Gasteiger partial charge in [-0.05, 0) is 29.8 Å². The van der Waals surface area contributed by atoms with E-state index in [1.165, 1.54) is 0 Å². The van der Waals surface area contributed by atoms with E-state index < -0.39 is 6.67 Å². The number of hydrogen-bond donors (Lipinski definition) is 0. The summed E-state index contributed by atoms with van der Waals surface area (Å²) in [5.74, 6) is 0. The van der Waals surface area contributed by atoms with Gasteiger partial charge >= 0.3 is 0 Å². The highest BCUT2D eigenvalue weighted by Gasteiger charge is 1.99. The highest BCUT2D eigenvalue weighted by Crippen LogP contribution is 2.14. The fraction of sp³-hybridized carbons (Fsp3) is 0.143. The van der Waals surface area contributed by atoms with Crippen LogP contribution >= 0.6 is 0 Å². The first-order valence-electron chi connectivity index (χ1n) is 5.62. The third kappa shape index (κ3) is 2.91. The van der Waals surface area contributed by atoms with Crippen LogP contribution in [0.5, 0.6) is 0 Å². The number of halogens is 1. The van der Waals surface area contributed by atoms with Crippen molar-refractivity contribution in [1.82, 2.24) is 14.5 Å². The zero-order chi connectivity index (χ0) is 12.8. The van der Waals surface area contributed by atoms with Gasteiger partial charge in [-0.25, -0.2) is 9.37 Å². The normalized spacial score (nSPS) is 9.89. The molecule has 0 N–H and O–H groups in total. The van der Waals surface area contributed by atoms with Crippen LogP contribution in [0.2, 0.25) is 0 Å². The summed E-state index contributed by atoms with van der Waals surface area (Å²) in [7, 11) is 1.92. The lowest BCUT2D eigenvalue weighted by Crippen LogP contribution is -1.84. The summed E-state index contributed by atoms with van der Waals surface area (Å²) in [6.07, 6.45) is 5.23. The summed E-state index contributed by atoms with van der Waals surface area (Å²) in [6.45, 7) is -0.424. The predicted molar refractivity (Wildman–Crippen MR) is 69.8 cm³/mol. The lowest BCUT2D eigenvalue weighted by Gasteiger charge is -1.95. The smallest absolute Gasteiger partial charge is 0.115 e. The summed E-state index contributed by atoms with van der Waals surface area (Å²) in [6, 6.07) is 11.2. The molecule has 92 valence electrons. The Bertz CT molecular complexity index is 578. The van der Waals surface area contributed by atoms with Gasteiger partial charge in [0.2, 0.25) is 0 Å². The second-order valence-corrected chi connectivity index (χ2v) is 3.84. The quantitative estimate of drug-likeness (QED) is 0.657. The lowest BCUT2D eigenvalue weighted by molar-refractivity contribution is 0.485. The predicted octanol–water partition coefficient (Wildman–Crippen LogP) is 3.12. The molecule has 0 saturated heterocycles. The second kappa shape index (κ2) is 5.91. The summed E-state index contributed by atoms with van der Waals surface area (Å²) < 4.78 is 14.1. The van der Waals surface area contributed by atoms with Crippen LogP contribution in [-0.2, 0) is 13.7 Å². The van der Waals surface area contributed by atoms with Crippen molar-refractivity contribution in [2.24, 2.45) is 7.05 Å². The molecule has 0 aliphatic heterocycles. The summed E-state index contributed by atoms with van der Waals surface area (Å²) >= 11 is 0. The number of hydrogen-bond acceptors (Lipinski definition) is 2. The summed E-state index contributed by atoms with van der Waals surface area (Å²) in [5.41, 5.74) is 2.57. The number of imidazole rings is 1. The first-order valence-corrected chi connectivity index (χ1v) is 5.62. The van der Waals surface area contributed by atoms with Gasteiger partial charge in [0.15, 0.2) is 0 Å². The Labute approximate surface area is 105 Å². The third-order valence-electron chi connectivity index (χ3n) is 2.51. The Morgan fingerprint density at radius 3 is 2.50 bits per heavy atom. The van der Waals surface area contributed by atoms with E-state index in [2.05, 4.69) is 9.97 Å². The monoisotopic (exact) mass is 243 g/mol. The van der Waals surface area contributed by atoms with Crippen LogP contribution in [0.3, 0.4) is 0 Å². The number of benzene rings is 1. The molecular weight excluding hydrogens is 229 g/mol. The molecule has 2 heterocycles. The summed E-state index contributed by atoms with van der Waals surface area (Å²) in [4.78, 5) is 7.91. The molecule has 0 aliphatic carbocycles.